The highest BCUT2D eigenvalue weighted by atomic mass is 79.9. The van der Waals surface area contributed by atoms with Gasteiger partial charge in [-0.25, -0.2) is 10.1 Å². The first kappa shape index (κ1) is 26.9. The average molecular weight is 588 g/mol. The number of halogens is 4. The van der Waals surface area contributed by atoms with Gasteiger partial charge in [0.2, 0.25) is 5.91 Å². The van der Waals surface area contributed by atoms with Crippen LogP contribution < -0.4 is 20.7 Å². The van der Waals surface area contributed by atoms with Gasteiger partial charge in [-0.05, 0) is 28.9 Å². The fourth-order valence-corrected chi connectivity index (χ4v) is 4.56. The second kappa shape index (κ2) is 10.7. The number of alkyl halides is 3. The monoisotopic (exact) mass is 587 g/mol. The molecule has 2 aromatic heterocycles. The largest absolute Gasteiger partial charge is 0.417 e. The third kappa shape index (κ3) is 5.71. The zero-order valence-electron chi connectivity index (χ0n) is 20.0. The van der Waals surface area contributed by atoms with Crippen molar-refractivity contribution in [2.45, 2.75) is 31.6 Å². The van der Waals surface area contributed by atoms with Crippen LogP contribution in [0.1, 0.15) is 18.9 Å². The lowest BCUT2D eigenvalue weighted by atomic mass is 10.0. The van der Waals surface area contributed by atoms with Gasteiger partial charge in [0.05, 0.1) is 49.3 Å². The predicted octanol–water partition coefficient (Wildman–Crippen LogP) is 1.85. The van der Waals surface area contributed by atoms with E-state index in [1.54, 1.807) is 9.80 Å². The molecule has 2 N–H and O–H groups in total. The second-order valence-electron chi connectivity index (χ2n) is 8.81. The molecule has 0 radical (unpaired) electrons. The van der Waals surface area contributed by atoms with Gasteiger partial charge in [0.15, 0.2) is 5.82 Å². The van der Waals surface area contributed by atoms with E-state index in [2.05, 4.69) is 36.4 Å². The molecule has 2 amide bonds. The van der Waals surface area contributed by atoms with Crippen molar-refractivity contribution < 1.29 is 27.5 Å². The minimum Gasteiger partial charge on any atom is -0.379 e. The normalized spacial score (nSPS) is 18.4. The number of hydrogen-bond acceptors (Lipinski definition) is 8. The summed E-state index contributed by atoms with van der Waals surface area (Å²) in [6.45, 7) is 2.95. The van der Waals surface area contributed by atoms with Gasteiger partial charge >= 0.3 is 6.18 Å². The average Bonchev–Trinajstić information content (AvgIpc) is 2.86. The molecule has 0 aliphatic carbocycles. The number of piperazine rings is 1. The Hall–Kier alpha value is -3.20. The Kier molecular flexibility index (Phi) is 7.73. The smallest absolute Gasteiger partial charge is 0.379 e. The zero-order valence-corrected chi connectivity index (χ0v) is 21.6. The Bertz CT molecular complexity index is 1240. The number of nitrogens with one attached hydrogen (secondary N) is 2. The molecule has 0 spiro atoms. The molecular weight excluding hydrogens is 563 g/mol. The van der Waals surface area contributed by atoms with Crippen molar-refractivity contribution in [1.82, 2.24) is 20.1 Å². The van der Waals surface area contributed by atoms with Crippen LogP contribution in [0.3, 0.4) is 0 Å². The van der Waals surface area contributed by atoms with Gasteiger partial charge in [-0.2, -0.15) is 18.3 Å². The van der Waals surface area contributed by atoms with E-state index in [9.17, 15) is 27.6 Å². The van der Waals surface area contributed by atoms with Gasteiger partial charge in [-0.15, -0.1) is 0 Å². The summed E-state index contributed by atoms with van der Waals surface area (Å²) >= 11 is 3.19. The first-order valence-corrected chi connectivity index (χ1v) is 12.2. The van der Waals surface area contributed by atoms with E-state index in [1.807, 2.05) is 6.92 Å². The predicted molar refractivity (Wildman–Crippen MR) is 131 cm³/mol. The van der Waals surface area contributed by atoms with E-state index in [-0.39, 0.29) is 55.9 Å². The number of rotatable bonds is 7. The third-order valence-electron chi connectivity index (χ3n) is 6.18. The van der Waals surface area contributed by atoms with Crippen molar-refractivity contribution in [3.05, 3.63) is 38.9 Å². The van der Waals surface area contributed by atoms with Gasteiger partial charge in [0.25, 0.3) is 11.5 Å². The molecule has 4 heterocycles. The van der Waals surface area contributed by atoms with E-state index in [1.165, 1.54) is 18.1 Å². The van der Waals surface area contributed by atoms with Crippen LogP contribution in [0.5, 0.6) is 0 Å². The Morgan fingerprint density at radius 3 is 2.81 bits per heavy atom. The molecule has 2 aromatic rings. The minimum absolute atomic E-state index is 0.0925. The molecule has 1 saturated heterocycles. The number of carbonyl (C=O) groups is 2. The second-order valence-corrected chi connectivity index (χ2v) is 9.60. The van der Waals surface area contributed by atoms with Crippen LogP contribution >= 0.6 is 15.9 Å². The molecular formula is C22H25BrF3N7O4. The first-order chi connectivity index (χ1) is 17.5. The lowest BCUT2D eigenvalue weighted by Crippen LogP contribution is -2.63. The maximum atomic E-state index is 13.1. The lowest BCUT2D eigenvalue weighted by molar-refractivity contribution is -0.138. The van der Waals surface area contributed by atoms with Crippen LogP contribution in [0.15, 0.2) is 27.7 Å². The Morgan fingerprint density at radius 2 is 2.08 bits per heavy atom. The van der Waals surface area contributed by atoms with Gasteiger partial charge in [-0.3, -0.25) is 14.4 Å². The van der Waals surface area contributed by atoms with Gasteiger partial charge in [0.1, 0.15) is 10.5 Å². The number of aromatic nitrogens is 3. The van der Waals surface area contributed by atoms with Crippen LogP contribution in [0.25, 0.3) is 0 Å². The molecule has 37 heavy (non-hydrogen) atoms. The molecule has 2 aliphatic rings. The summed E-state index contributed by atoms with van der Waals surface area (Å²) in [7, 11) is 1.41. The molecule has 0 aromatic carbocycles. The fraction of sp³-hybridized carbons (Fsp3) is 0.500. The summed E-state index contributed by atoms with van der Waals surface area (Å²) in [6.07, 6.45) is -2.24. The number of likely N-dealkylation sites (N-methyl/N-ethyl adjacent to an activating group) is 1. The molecule has 4 rings (SSSR count). The topological polar surface area (TPSA) is 124 Å². The van der Waals surface area contributed by atoms with Crippen molar-refractivity contribution in [2.24, 2.45) is 0 Å². The van der Waals surface area contributed by atoms with Gasteiger partial charge < -0.3 is 24.8 Å². The summed E-state index contributed by atoms with van der Waals surface area (Å²) in [5.41, 5.74) is -0.683. The highest BCUT2D eigenvalue weighted by molar-refractivity contribution is 9.10. The summed E-state index contributed by atoms with van der Waals surface area (Å²) < 4.78 is 45.3. The van der Waals surface area contributed by atoms with Crippen molar-refractivity contribution >= 4 is 44.9 Å². The van der Waals surface area contributed by atoms with Crippen molar-refractivity contribution in [2.75, 3.05) is 55.0 Å². The maximum absolute atomic E-state index is 13.1. The Balaban J connectivity index is 1.30. The SMILES string of the molecule is C[C@@H](COCCC(=O)N1CCN2c3ncc(C(F)(F)F)cc3N(C)C(=O)[C@H]2C1)Nc1cn[nH]c(=O)c1Br. The molecule has 2 aliphatic heterocycles. The number of ether oxygens (including phenoxy) is 1. The highest BCUT2D eigenvalue weighted by Gasteiger charge is 2.43. The summed E-state index contributed by atoms with van der Waals surface area (Å²) in [6, 6.07) is 0.0247. The highest BCUT2D eigenvalue weighted by Crippen LogP contribution is 2.39. The van der Waals surface area contributed by atoms with Gasteiger partial charge in [0, 0.05) is 32.4 Å². The number of fused-ring (bicyclic) bond motifs is 3. The van der Waals surface area contributed by atoms with E-state index in [0.717, 1.165) is 12.3 Å². The molecule has 200 valence electrons. The number of pyridine rings is 1. The number of amides is 2. The summed E-state index contributed by atoms with van der Waals surface area (Å²) in [4.78, 5) is 45.7. The van der Waals surface area contributed by atoms with E-state index >= 15 is 0 Å². The lowest BCUT2D eigenvalue weighted by Gasteiger charge is -2.46. The van der Waals surface area contributed by atoms with Crippen molar-refractivity contribution in [3.63, 3.8) is 0 Å². The number of hydrogen-bond donors (Lipinski definition) is 2. The zero-order chi connectivity index (χ0) is 26.9. The molecule has 11 nitrogen and oxygen atoms in total. The third-order valence-corrected chi connectivity index (χ3v) is 6.97. The number of aromatic amines is 1. The number of H-pyrrole nitrogens is 1. The van der Waals surface area contributed by atoms with Crippen molar-refractivity contribution in [3.8, 4) is 0 Å². The first-order valence-electron chi connectivity index (χ1n) is 11.4. The molecule has 0 bridgehead atoms. The quantitative estimate of drug-likeness (QED) is 0.470. The number of carbonyl (C=O) groups excluding carboxylic acids is 2. The molecule has 0 saturated carbocycles. The van der Waals surface area contributed by atoms with E-state index < -0.39 is 23.7 Å². The van der Waals surface area contributed by atoms with E-state index in [0.29, 0.717) is 22.5 Å². The summed E-state index contributed by atoms with van der Waals surface area (Å²) in [5, 5.41) is 9.14. The standard InChI is InChI=1S/C22H25BrF3N7O4/c1-12(29-14-9-28-30-20(35)18(14)23)11-37-6-3-17(34)32-4-5-33-16(10-32)21(36)31(2)15-7-13(22(24,25)26)8-27-19(15)33/h7-9,12,16H,3-6,10-11H2,1-2H3,(H2,29,30,35)/t12-,16+/m0/s1. The van der Waals surface area contributed by atoms with E-state index in [4.69, 9.17) is 4.74 Å². The summed E-state index contributed by atoms with van der Waals surface area (Å²) in [5.74, 6) is -0.301. The maximum Gasteiger partial charge on any atom is 0.417 e. The van der Waals surface area contributed by atoms with Crippen LogP contribution in [-0.2, 0) is 20.5 Å². The Morgan fingerprint density at radius 1 is 1.32 bits per heavy atom. The molecule has 0 unspecified atom stereocenters. The van der Waals surface area contributed by atoms with Crippen molar-refractivity contribution in [1.29, 1.82) is 0 Å². The van der Waals surface area contributed by atoms with Crippen LogP contribution in [0.2, 0.25) is 0 Å². The molecule has 15 heteroatoms. The fourth-order valence-electron chi connectivity index (χ4n) is 4.25. The number of nitrogens with zero attached hydrogens (tertiary/aromatic N) is 5. The van der Waals surface area contributed by atoms with Crippen LogP contribution in [0, 0.1) is 0 Å². The van der Waals surface area contributed by atoms with Crippen LogP contribution in [-0.4, -0.2) is 83.9 Å². The molecule has 2 atom stereocenters. The Labute approximate surface area is 218 Å². The molecule has 1 fully saturated rings. The van der Waals surface area contributed by atoms with Crippen LogP contribution in [0.4, 0.5) is 30.4 Å². The minimum atomic E-state index is -4.57. The van der Waals surface area contributed by atoms with Gasteiger partial charge in [-0.1, -0.05) is 0 Å². The number of anilines is 3.